The lowest BCUT2D eigenvalue weighted by Crippen LogP contribution is -2.42. The third-order valence-electron chi connectivity index (χ3n) is 5.64. The van der Waals surface area contributed by atoms with Crippen LogP contribution in [0.25, 0.3) is 0 Å². The van der Waals surface area contributed by atoms with Crippen LogP contribution in [0.5, 0.6) is 0 Å². The first-order chi connectivity index (χ1) is 12.0. The fourth-order valence-electron chi connectivity index (χ4n) is 4.03. The van der Waals surface area contributed by atoms with Gasteiger partial charge in [-0.3, -0.25) is 9.59 Å². The van der Waals surface area contributed by atoms with Crippen LogP contribution in [-0.2, 0) is 4.79 Å². The van der Waals surface area contributed by atoms with Crippen molar-refractivity contribution in [2.75, 3.05) is 11.9 Å². The third kappa shape index (κ3) is 4.40. The summed E-state index contributed by atoms with van der Waals surface area (Å²) in [6.07, 6.45) is 7.00. The van der Waals surface area contributed by atoms with Crippen molar-refractivity contribution < 1.29 is 9.59 Å². The highest BCUT2D eigenvalue weighted by Crippen LogP contribution is 2.27. The number of likely N-dealkylation sites (tertiary alicyclic amines) is 1. The molecule has 2 aliphatic rings. The summed E-state index contributed by atoms with van der Waals surface area (Å²) in [4.78, 5) is 26.8. The van der Waals surface area contributed by atoms with Gasteiger partial charge in [0, 0.05) is 36.3 Å². The first-order valence-corrected chi connectivity index (χ1v) is 9.51. The molecule has 1 aromatic carbocycles. The molecule has 0 spiro atoms. The molecule has 1 aliphatic carbocycles. The van der Waals surface area contributed by atoms with Crippen molar-refractivity contribution >= 4 is 17.5 Å². The number of hydrogen-bond acceptors (Lipinski definition) is 3. The molecule has 3 rings (SSSR count). The Labute approximate surface area is 150 Å². The molecule has 0 radical (unpaired) electrons. The number of hydrogen-bond donors (Lipinski definition) is 2. The average Bonchev–Trinajstić information content (AvgIpc) is 3.00. The summed E-state index contributed by atoms with van der Waals surface area (Å²) in [5.41, 5.74) is 7.45. The molecule has 1 heterocycles. The Balaban J connectivity index is 1.56. The lowest BCUT2D eigenvalue weighted by molar-refractivity contribution is -0.117. The number of benzene rings is 1. The second-order valence-corrected chi connectivity index (χ2v) is 7.53. The summed E-state index contributed by atoms with van der Waals surface area (Å²) in [5.74, 6) is 0.384. The van der Waals surface area contributed by atoms with Crippen LogP contribution in [0.2, 0.25) is 0 Å². The van der Waals surface area contributed by atoms with E-state index in [-0.39, 0.29) is 17.9 Å². The van der Waals surface area contributed by atoms with Crippen molar-refractivity contribution in [3.63, 3.8) is 0 Å². The molecule has 2 fully saturated rings. The van der Waals surface area contributed by atoms with Crippen molar-refractivity contribution in [2.45, 2.75) is 64.0 Å². The zero-order valence-corrected chi connectivity index (χ0v) is 15.0. The van der Waals surface area contributed by atoms with E-state index in [0.717, 1.165) is 44.3 Å². The lowest BCUT2D eigenvalue weighted by atomic mass is 10.00. The molecule has 0 bridgehead atoms. The molecule has 1 aromatic rings. The van der Waals surface area contributed by atoms with Gasteiger partial charge in [0.1, 0.15) is 0 Å². The number of rotatable bonds is 4. The van der Waals surface area contributed by atoms with Crippen LogP contribution >= 0.6 is 0 Å². The Hall–Kier alpha value is -1.88. The van der Waals surface area contributed by atoms with Gasteiger partial charge in [-0.05, 0) is 69.2 Å². The van der Waals surface area contributed by atoms with Crippen molar-refractivity contribution in [3.05, 3.63) is 29.8 Å². The minimum Gasteiger partial charge on any atom is -0.336 e. The molecule has 1 unspecified atom stereocenters. The highest BCUT2D eigenvalue weighted by atomic mass is 16.2. The monoisotopic (exact) mass is 343 g/mol. The van der Waals surface area contributed by atoms with Crippen LogP contribution in [-0.4, -0.2) is 35.3 Å². The molecule has 2 amide bonds. The van der Waals surface area contributed by atoms with Gasteiger partial charge in [-0.1, -0.05) is 6.42 Å². The van der Waals surface area contributed by atoms with E-state index in [9.17, 15) is 9.59 Å². The standard InChI is InChI=1S/C20H29N3O2/c1-14-5-2-3-12-23(14)20(25)15-8-10-17(11-9-15)22-19(24)13-16-6-4-7-18(16)21/h8-11,14,16,18H,2-7,12-13,21H2,1H3,(H,22,24)/t14?,16-,18+/m0/s1. The molecule has 3 N–H and O–H groups in total. The van der Waals surface area contributed by atoms with E-state index in [1.165, 1.54) is 6.42 Å². The van der Waals surface area contributed by atoms with Crippen LogP contribution in [0.1, 0.15) is 62.2 Å². The average molecular weight is 343 g/mol. The van der Waals surface area contributed by atoms with Crippen LogP contribution < -0.4 is 11.1 Å². The number of nitrogens with one attached hydrogen (secondary N) is 1. The number of anilines is 1. The largest absolute Gasteiger partial charge is 0.336 e. The molecule has 1 aliphatic heterocycles. The maximum Gasteiger partial charge on any atom is 0.254 e. The molecule has 1 saturated carbocycles. The molecular weight excluding hydrogens is 314 g/mol. The zero-order valence-electron chi connectivity index (χ0n) is 15.0. The molecule has 0 aromatic heterocycles. The van der Waals surface area contributed by atoms with Gasteiger partial charge in [0.05, 0.1) is 0 Å². The molecule has 5 nitrogen and oxygen atoms in total. The SMILES string of the molecule is CC1CCCCN1C(=O)c1ccc(NC(=O)C[C@@H]2CCC[C@H]2N)cc1. The summed E-state index contributed by atoms with van der Waals surface area (Å²) >= 11 is 0. The van der Waals surface area contributed by atoms with Crippen molar-refractivity contribution in [1.29, 1.82) is 0 Å². The van der Waals surface area contributed by atoms with E-state index in [4.69, 9.17) is 5.73 Å². The number of amides is 2. The Morgan fingerprint density at radius 2 is 1.88 bits per heavy atom. The van der Waals surface area contributed by atoms with Gasteiger partial charge in [-0.2, -0.15) is 0 Å². The van der Waals surface area contributed by atoms with E-state index in [2.05, 4.69) is 12.2 Å². The predicted molar refractivity (Wildman–Crippen MR) is 99.4 cm³/mol. The van der Waals surface area contributed by atoms with Crippen LogP contribution in [0, 0.1) is 5.92 Å². The fourth-order valence-corrected chi connectivity index (χ4v) is 4.03. The van der Waals surface area contributed by atoms with Gasteiger partial charge in [-0.15, -0.1) is 0 Å². The number of piperidine rings is 1. The Morgan fingerprint density at radius 3 is 2.52 bits per heavy atom. The first-order valence-electron chi connectivity index (χ1n) is 9.51. The molecule has 136 valence electrons. The highest BCUT2D eigenvalue weighted by molar-refractivity contribution is 5.96. The van der Waals surface area contributed by atoms with E-state index in [1.54, 1.807) is 12.1 Å². The van der Waals surface area contributed by atoms with E-state index >= 15 is 0 Å². The summed E-state index contributed by atoms with van der Waals surface area (Å²) in [6, 6.07) is 7.69. The Bertz CT molecular complexity index is 614. The smallest absolute Gasteiger partial charge is 0.254 e. The summed E-state index contributed by atoms with van der Waals surface area (Å²) in [5, 5.41) is 2.92. The quantitative estimate of drug-likeness (QED) is 0.882. The van der Waals surface area contributed by atoms with Gasteiger partial charge >= 0.3 is 0 Å². The normalized spacial score (nSPS) is 26.5. The van der Waals surface area contributed by atoms with Crippen molar-refractivity contribution in [1.82, 2.24) is 4.90 Å². The van der Waals surface area contributed by atoms with Gasteiger partial charge in [0.25, 0.3) is 5.91 Å². The molecule has 25 heavy (non-hydrogen) atoms. The van der Waals surface area contributed by atoms with E-state index in [0.29, 0.717) is 23.9 Å². The van der Waals surface area contributed by atoms with Crippen LogP contribution in [0.15, 0.2) is 24.3 Å². The maximum absolute atomic E-state index is 12.6. The van der Waals surface area contributed by atoms with E-state index < -0.39 is 0 Å². The molecule has 1 saturated heterocycles. The van der Waals surface area contributed by atoms with Crippen LogP contribution in [0.4, 0.5) is 5.69 Å². The number of nitrogens with zero attached hydrogens (tertiary/aromatic N) is 1. The second kappa shape index (κ2) is 8.00. The molecule has 3 atom stereocenters. The third-order valence-corrected chi connectivity index (χ3v) is 5.64. The zero-order chi connectivity index (χ0) is 17.8. The Morgan fingerprint density at radius 1 is 1.12 bits per heavy atom. The topological polar surface area (TPSA) is 75.4 Å². The predicted octanol–water partition coefficient (Wildman–Crippen LogP) is 3.16. The summed E-state index contributed by atoms with van der Waals surface area (Å²) in [6.45, 7) is 2.94. The number of carbonyl (C=O) groups excluding carboxylic acids is 2. The molecule has 5 heteroatoms. The maximum atomic E-state index is 12.6. The minimum atomic E-state index is 0.00563. The summed E-state index contributed by atoms with van der Waals surface area (Å²) in [7, 11) is 0. The van der Waals surface area contributed by atoms with Gasteiger partial charge in [-0.25, -0.2) is 0 Å². The van der Waals surface area contributed by atoms with Gasteiger partial charge in [0.2, 0.25) is 5.91 Å². The van der Waals surface area contributed by atoms with Crippen molar-refractivity contribution in [2.24, 2.45) is 11.7 Å². The second-order valence-electron chi connectivity index (χ2n) is 7.53. The Kier molecular flexibility index (Phi) is 5.74. The first kappa shape index (κ1) is 17.9. The lowest BCUT2D eigenvalue weighted by Gasteiger charge is -2.33. The minimum absolute atomic E-state index is 0.00563. The van der Waals surface area contributed by atoms with Crippen LogP contribution in [0.3, 0.4) is 0 Å². The molecular formula is C20H29N3O2. The highest BCUT2D eigenvalue weighted by Gasteiger charge is 2.26. The number of carbonyl (C=O) groups is 2. The fraction of sp³-hybridized carbons (Fsp3) is 0.600. The van der Waals surface area contributed by atoms with Gasteiger partial charge < -0.3 is 16.0 Å². The number of nitrogens with two attached hydrogens (primary N) is 1. The van der Waals surface area contributed by atoms with Gasteiger partial charge in [0.15, 0.2) is 0 Å². The van der Waals surface area contributed by atoms with E-state index in [1.807, 2.05) is 17.0 Å². The van der Waals surface area contributed by atoms with Crippen molar-refractivity contribution in [3.8, 4) is 0 Å². The summed E-state index contributed by atoms with van der Waals surface area (Å²) < 4.78 is 0.